The maximum absolute atomic E-state index is 10.6. The molecular formula is C10H12ClNO2S. The maximum Gasteiger partial charge on any atom is 0.270 e. The molecule has 5 heteroatoms. The molecule has 0 amide bonds. The first-order valence-electron chi connectivity index (χ1n) is 4.52. The van der Waals surface area contributed by atoms with Crippen LogP contribution in [0.4, 0.5) is 5.69 Å². The van der Waals surface area contributed by atoms with Crippen LogP contribution in [0.25, 0.3) is 0 Å². The minimum Gasteiger partial charge on any atom is -0.258 e. The average molecular weight is 246 g/mol. The molecule has 0 N–H and O–H groups in total. The Morgan fingerprint density at radius 3 is 2.80 bits per heavy atom. The fourth-order valence-electron chi connectivity index (χ4n) is 1.08. The molecule has 0 fully saturated rings. The normalized spacial score (nSPS) is 12.5. The van der Waals surface area contributed by atoms with Crippen LogP contribution >= 0.6 is 23.4 Å². The number of hydrogen-bond donors (Lipinski definition) is 0. The van der Waals surface area contributed by atoms with E-state index in [9.17, 15) is 10.1 Å². The predicted molar refractivity (Wildman–Crippen MR) is 63.9 cm³/mol. The Balaban J connectivity index is 2.95. The topological polar surface area (TPSA) is 43.1 Å². The molecule has 0 aliphatic heterocycles. The highest BCUT2D eigenvalue weighted by Gasteiger charge is 2.11. The van der Waals surface area contributed by atoms with Gasteiger partial charge in [-0.3, -0.25) is 10.1 Å². The number of hydrogen-bond acceptors (Lipinski definition) is 3. The predicted octanol–water partition coefficient (Wildman–Crippen LogP) is 3.62. The van der Waals surface area contributed by atoms with Crippen LogP contribution in [0, 0.1) is 17.0 Å². The van der Waals surface area contributed by atoms with Crippen molar-refractivity contribution in [1.82, 2.24) is 0 Å². The van der Waals surface area contributed by atoms with Crippen molar-refractivity contribution in [1.29, 1.82) is 0 Å². The van der Waals surface area contributed by atoms with E-state index in [0.717, 1.165) is 10.5 Å². The van der Waals surface area contributed by atoms with E-state index in [0.29, 0.717) is 5.88 Å². The van der Waals surface area contributed by atoms with Gasteiger partial charge in [-0.2, -0.15) is 0 Å². The molecule has 0 aromatic heterocycles. The molecule has 0 bridgehead atoms. The summed E-state index contributed by atoms with van der Waals surface area (Å²) in [5, 5.41) is 10.8. The Morgan fingerprint density at radius 1 is 1.60 bits per heavy atom. The Morgan fingerprint density at radius 2 is 2.27 bits per heavy atom. The van der Waals surface area contributed by atoms with Crippen LogP contribution in [-0.2, 0) is 0 Å². The van der Waals surface area contributed by atoms with E-state index < -0.39 is 0 Å². The average Bonchev–Trinajstić information content (AvgIpc) is 2.20. The summed E-state index contributed by atoms with van der Waals surface area (Å²) in [6.07, 6.45) is 0. The molecule has 1 unspecified atom stereocenters. The van der Waals surface area contributed by atoms with Gasteiger partial charge in [-0.1, -0.05) is 13.0 Å². The van der Waals surface area contributed by atoms with Crippen molar-refractivity contribution >= 4 is 29.1 Å². The lowest BCUT2D eigenvalue weighted by Crippen LogP contribution is -1.98. The van der Waals surface area contributed by atoms with Crippen molar-refractivity contribution in [3.05, 3.63) is 33.9 Å². The van der Waals surface area contributed by atoms with E-state index in [1.165, 1.54) is 6.07 Å². The highest BCUT2D eigenvalue weighted by Crippen LogP contribution is 2.30. The number of aryl methyl sites for hydroxylation is 1. The van der Waals surface area contributed by atoms with Crippen LogP contribution in [0.5, 0.6) is 0 Å². The summed E-state index contributed by atoms with van der Waals surface area (Å²) in [5.41, 5.74) is 1.17. The quantitative estimate of drug-likeness (QED) is 0.352. The molecule has 1 aromatic rings. The fraction of sp³-hybridized carbons (Fsp3) is 0.400. The number of thioether (sulfide) groups is 1. The third-order valence-electron chi connectivity index (χ3n) is 1.93. The minimum absolute atomic E-state index is 0.130. The number of nitro groups is 1. The number of rotatable bonds is 4. The van der Waals surface area contributed by atoms with Gasteiger partial charge < -0.3 is 0 Å². The first-order chi connectivity index (χ1) is 7.04. The smallest absolute Gasteiger partial charge is 0.258 e. The van der Waals surface area contributed by atoms with Crippen LogP contribution < -0.4 is 0 Å². The van der Waals surface area contributed by atoms with Crippen LogP contribution in [0.2, 0.25) is 0 Å². The number of nitrogens with zero attached hydrogens (tertiary/aromatic N) is 1. The summed E-state index contributed by atoms with van der Waals surface area (Å²) >= 11 is 7.27. The summed E-state index contributed by atoms with van der Waals surface area (Å²) in [6, 6.07) is 4.88. The molecule has 1 atom stereocenters. The standard InChI is InChI=1S/C10H12ClNO2S/c1-7-3-4-9(12(13)14)5-10(7)15-8(2)6-11/h3-5,8H,6H2,1-2H3. The molecule has 1 rings (SSSR count). The van der Waals surface area contributed by atoms with Crippen molar-refractivity contribution in [3.63, 3.8) is 0 Å². The number of benzene rings is 1. The second-order valence-corrected chi connectivity index (χ2v) is 5.08. The van der Waals surface area contributed by atoms with Crippen molar-refractivity contribution < 1.29 is 4.92 Å². The first-order valence-corrected chi connectivity index (χ1v) is 5.93. The third-order valence-corrected chi connectivity index (χ3v) is 3.84. The van der Waals surface area contributed by atoms with Crippen molar-refractivity contribution in [2.24, 2.45) is 0 Å². The van der Waals surface area contributed by atoms with Gasteiger partial charge in [-0.25, -0.2) is 0 Å². The van der Waals surface area contributed by atoms with Gasteiger partial charge in [0.2, 0.25) is 0 Å². The summed E-state index contributed by atoms with van der Waals surface area (Å²) in [6.45, 7) is 3.93. The van der Waals surface area contributed by atoms with Crippen LogP contribution in [0.15, 0.2) is 23.1 Å². The first kappa shape index (κ1) is 12.3. The molecule has 15 heavy (non-hydrogen) atoms. The Labute approximate surface area is 98.0 Å². The summed E-state index contributed by atoms with van der Waals surface area (Å²) in [7, 11) is 0. The molecule has 0 radical (unpaired) electrons. The molecule has 82 valence electrons. The lowest BCUT2D eigenvalue weighted by atomic mass is 10.2. The molecule has 0 saturated heterocycles. The van der Waals surface area contributed by atoms with Crippen LogP contribution in [0.1, 0.15) is 12.5 Å². The highest BCUT2D eigenvalue weighted by molar-refractivity contribution is 8.00. The van der Waals surface area contributed by atoms with E-state index in [-0.39, 0.29) is 15.9 Å². The Bertz CT molecular complexity index is 370. The number of halogens is 1. The molecule has 1 aromatic carbocycles. The monoisotopic (exact) mass is 245 g/mol. The van der Waals surface area contributed by atoms with Gasteiger partial charge in [0.05, 0.1) is 4.92 Å². The van der Waals surface area contributed by atoms with E-state index in [4.69, 9.17) is 11.6 Å². The van der Waals surface area contributed by atoms with Gasteiger partial charge in [-0.15, -0.1) is 23.4 Å². The van der Waals surface area contributed by atoms with Crippen LogP contribution in [0.3, 0.4) is 0 Å². The number of nitro benzene ring substituents is 1. The van der Waals surface area contributed by atoms with Gasteiger partial charge in [0.15, 0.2) is 0 Å². The molecule has 0 aliphatic rings. The molecule has 0 saturated carbocycles. The largest absolute Gasteiger partial charge is 0.270 e. The van der Waals surface area contributed by atoms with E-state index in [1.807, 2.05) is 13.8 Å². The van der Waals surface area contributed by atoms with Crippen molar-refractivity contribution in [3.8, 4) is 0 Å². The SMILES string of the molecule is Cc1ccc([N+](=O)[O-])cc1SC(C)CCl. The highest BCUT2D eigenvalue weighted by atomic mass is 35.5. The second-order valence-electron chi connectivity index (χ2n) is 3.29. The molecular weight excluding hydrogens is 234 g/mol. The zero-order valence-electron chi connectivity index (χ0n) is 8.57. The molecule has 0 heterocycles. The van der Waals surface area contributed by atoms with E-state index in [2.05, 4.69) is 0 Å². The van der Waals surface area contributed by atoms with Crippen molar-refractivity contribution in [2.75, 3.05) is 5.88 Å². The van der Waals surface area contributed by atoms with Gasteiger partial charge >= 0.3 is 0 Å². The summed E-state index contributed by atoms with van der Waals surface area (Å²) < 4.78 is 0. The lowest BCUT2D eigenvalue weighted by molar-refractivity contribution is -0.385. The second kappa shape index (κ2) is 5.37. The van der Waals surface area contributed by atoms with Gasteiger partial charge in [0.25, 0.3) is 5.69 Å². The lowest BCUT2D eigenvalue weighted by Gasteiger charge is -2.09. The number of non-ortho nitro benzene ring substituents is 1. The Kier molecular flexibility index (Phi) is 4.42. The fourth-order valence-corrected chi connectivity index (χ4v) is 2.21. The minimum atomic E-state index is -0.380. The van der Waals surface area contributed by atoms with E-state index >= 15 is 0 Å². The summed E-state index contributed by atoms with van der Waals surface area (Å²) in [4.78, 5) is 11.1. The van der Waals surface area contributed by atoms with E-state index in [1.54, 1.807) is 23.9 Å². The maximum atomic E-state index is 10.6. The zero-order valence-corrected chi connectivity index (χ0v) is 10.1. The summed E-state index contributed by atoms with van der Waals surface area (Å²) in [5.74, 6) is 0.535. The number of alkyl halides is 1. The Hall–Kier alpha value is -0.740. The molecule has 0 spiro atoms. The van der Waals surface area contributed by atoms with Gasteiger partial charge in [0.1, 0.15) is 0 Å². The molecule has 3 nitrogen and oxygen atoms in total. The van der Waals surface area contributed by atoms with Crippen molar-refractivity contribution in [2.45, 2.75) is 24.0 Å². The van der Waals surface area contributed by atoms with Gasteiger partial charge in [0, 0.05) is 28.2 Å². The van der Waals surface area contributed by atoms with Crippen LogP contribution in [-0.4, -0.2) is 16.1 Å². The zero-order chi connectivity index (χ0) is 11.4. The van der Waals surface area contributed by atoms with Gasteiger partial charge in [-0.05, 0) is 12.5 Å². The third kappa shape index (κ3) is 3.39. The molecule has 0 aliphatic carbocycles.